The molecule has 0 aliphatic rings. The number of nitrogens with one attached hydrogen (secondary N) is 1. The van der Waals surface area contributed by atoms with Crippen molar-refractivity contribution in [2.75, 3.05) is 12.4 Å². The van der Waals surface area contributed by atoms with Gasteiger partial charge in [-0.2, -0.15) is 0 Å². The molecule has 2 aromatic carbocycles. The van der Waals surface area contributed by atoms with Gasteiger partial charge in [0.05, 0.1) is 7.11 Å². The van der Waals surface area contributed by atoms with Gasteiger partial charge in [-0.05, 0) is 30.3 Å². The molecule has 0 heterocycles. The van der Waals surface area contributed by atoms with Crippen LogP contribution in [0.3, 0.4) is 0 Å². The SMILES string of the molecule is COc1ccc(NCc2cc(Br)ccc2F)cc1F. The highest BCUT2D eigenvalue weighted by molar-refractivity contribution is 9.10. The van der Waals surface area contributed by atoms with Gasteiger partial charge in [-0.15, -0.1) is 0 Å². The number of hydrogen-bond donors (Lipinski definition) is 1. The van der Waals surface area contributed by atoms with Crippen molar-refractivity contribution in [1.29, 1.82) is 0 Å². The standard InChI is InChI=1S/C14H12BrF2NO/c1-19-14-5-3-11(7-13(14)17)18-8-9-6-10(15)2-4-12(9)16/h2-7,18H,8H2,1H3. The summed E-state index contributed by atoms with van der Waals surface area (Å²) in [6.07, 6.45) is 0. The molecule has 2 nitrogen and oxygen atoms in total. The fourth-order valence-corrected chi connectivity index (χ4v) is 2.06. The van der Waals surface area contributed by atoms with Gasteiger partial charge in [0.25, 0.3) is 0 Å². The fourth-order valence-electron chi connectivity index (χ4n) is 1.65. The topological polar surface area (TPSA) is 21.3 Å². The average molecular weight is 328 g/mol. The summed E-state index contributed by atoms with van der Waals surface area (Å²) < 4.78 is 32.6. The van der Waals surface area contributed by atoms with Gasteiger partial charge in [-0.3, -0.25) is 0 Å². The van der Waals surface area contributed by atoms with Crippen LogP contribution in [-0.4, -0.2) is 7.11 Å². The predicted molar refractivity (Wildman–Crippen MR) is 74.4 cm³/mol. The molecule has 0 bridgehead atoms. The van der Waals surface area contributed by atoms with E-state index in [9.17, 15) is 8.78 Å². The summed E-state index contributed by atoms with van der Waals surface area (Å²) in [4.78, 5) is 0. The first-order valence-electron chi connectivity index (χ1n) is 5.61. The molecule has 0 spiro atoms. The zero-order chi connectivity index (χ0) is 13.8. The Morgan fingerprint density at radius 3 is 2.58 bits per heavy atom. The van der Waals surface area contributed by atoms with Crippen molar-refractivity contribution in [3.05, 3.63) is 58.1 Å². The minimum absolute atomic E-state index is 0.180. The van der Waals surface area contributed by atoms with Crippen molar-refractivity contribution >= 4 is 21.6 Å². The summed E-state index contributed by atoms with van der Waals surface area (Å²) in [5, 5.41) is 2.96. The first-order valence-corrected chi connectivity index (χ1v) is 6.41. The Bertz CT molecular complexity index is 590. The number of benzene rings is 2. The van der Waals surface area contributed by atoms with Gasteiger partial charge in [-0.1, -0.05) is 15.9 Å². The van der Waals surface area contributed by atoms with E-state index in [-0.39, 0.29) is 18.1 Å². The third-order valence-electron chi connectivity index (χ3n) is 2.64. The molecule has 0 aliphatic carbocycles. The first kappa shape index (κ1) is 13.8. The second kappa shape index (κ2) is 6.02. The van der Waals surface area contributed by atoms with Gasteiger partial charge in [0.2, 0.25) is 0 Å². The number of methoxy groups -OCH3 is 1. The van der Waals surface area contributed by atoms with Crippen molar-refractivity contribution in [3.63, 3.8) is 0 Å². The van der Waals surface area contributed by atoms with Gasteiger partial charge < -0.3 is 10.1 Å². The fraction of sp³-hybridized carbons (Fsp3) is 0.143. The van der Waals surface area contributed by atoms with Crippen LogP contribution >= 0.6 is 15.9 Å². The molecule has 0 aromatic heterocycles. The Balaban J connectivity index is 2.10. The maximum atomic E-state index is 13.5. The molecule has 0 atom stereocenters. The van der Waals surface area contributed by atoms with Crippen LogP contribution < -0.4 is 10.1 Å². The quantitative estimate of drug-likeness (QED) is 0.901. The van der Waals surface area contributed by atoms with Crippen molar-refractivity contribution in [2.45, 2.75) is 6.54 Å². The van der Waals surface area contributed by atoms with Crippen LogP contribution in [0, 0.1) is 11.6 Å². The number of hydrogen-bond acceptors (Lipinski definition) is 2. The monoisotopic (exact) mass is 327 g/mol. The van der Waals surface area contributed by atoms with Gasteiger partial charge in [0, 0.05) is 28.3 Å². The van der Waals surface area contributed by atoms with E-state index in [1.807, 2.05) is 0 Å². The third-order valence-corrected chi connectivity index (χ3v) is 3.14. The van der Waals surface area contributed by atoms with Gasteiger partial charge in [0.1, 0.15) is 5.82 Å². The van der Waals surface area contributed by atoms with E-state index in [4.69, 9.17) is 4.74 Å². The van der Waals surface area contributed by atoms with Gasteiger partial charge in [0.15, 0.2) is 11.6 Å². The third kappa shape index (κ3) is 3.44. The lowest BCUT2D eigenvalue weighted by atomic mass is 10.2. The van der Waals surface area contributed by atoms with E-state index in [2.05, 4.69) is 21.2 Å². The number of halogens is 3. The molecule has 1 N–H and O–H groups in total. The molecular formula is C14H12BrF2NO. The Labute approximate surface area is 118 Å². The summed E-state index contributed by atoms with van der Waals surface area (Å²) in [5.74, 6) is -0.578. The Kier molecular flexibility index (Phi) is 4.37. The maximum Gasteiger partial charge on any atom is 0.167 e. The molecule has 5 heteroatoms. The lowest BCUT2D eigenvalue weighted by Gasteiger charge is -2.09. The summed E-state index contributed by atoms with van der Waals surface area (Å²) >= 11 is 3.28. The number of anilines is 1. The van der Waals surface area contributed by atoms with Crippen LogP contribution in [0.25, 0.3) is 0 Å². The van der Waals surface area contributed by atoms with E-state index in [0.717, 1.165) is 4.47 Å². The van der Waals surface area contributed by atoms with Gasteiger partial charge >= 0.3 is 0 Å². The number of rotatable bonds is 4. The smallest absolute Gasteiger partial charge is 0.167 e. The van der Waals surface area contributed by atoms with Crippen LogP contribution in [0.2, 0.25) is 0 Å². The molecule has 0 radical (unpaired) electrons. The minimum Gasteiger partial charge on any atom is -0.494 e. The van der Waals surface area contributed by atoms with Gasteiger partial charge in [-0.25, -0.2) is 8.78 Å². The molecule has 0 saturated carbocycles. The number of ether oxygens (including phenoxy) is 1. The minimum atomic E-state index is -0.456. The largest absolute Gasteiger partial charge is 0.494 e. The van der Waals surface area contributed by atoms with E-state index in [0.29, 0.717) is 11.3 Å². The van der Waals surface area contributed by atoms with Crippen molar-refractivity contribution in [2.24, 2.45) is 0 Å². The van der Waals surface area contributed by atoms with E-state index < -0.39 is 5.82 Å². The Morgan fingerprint density at radius 2 is 1.89 bits per heavy atom. The van der Waals surface area contributed by atoms with E-state index in [1.165, 1.54) is 25.3 Å². The molecule has 0 fully saturated rings. The van der Waals surface area contributed by atoms with Crippen LogP contribution in [-0.2, 0) is 6.54 Å². The van der Waals surface area contributed by atoms with Crippen LogP contribution in [0.1, 0.15) is 5.56 Å². The highest BCUT2D eigenvalue weighted by Gasteiger charge is 2.05. The van der Waals surface area contributed by atoms with Crippen LogP contribution in [0.15, 0.2) is 40.9 Å². The normalized spacial score (nSPS) is 10.3. The summed E-state index contributed by atoms with van der Waals surface area (Å²) in [5.41, 5.74) is 1.07. The molecule has 100 valence electrons. The molecule has 0 saturated heterocycles. The molecule has 0 aliphatic heterocycles. The lowest BCUT2D eigenvalue weighted by Crippen LogP contribution is -2.02. The van der Waals surface area contributed by atoms with Crippen molar-refractivity contribution in [3.8, 4) is 5.75 Å². The molecular weight excluding hydrogens is 316 g/mol. The second-order valence-corrected chi connectivity index (χ2v) is 4.85. The Hall–Kier alpha value is -1.62. The van der Waals surface area contributed by atoms with E-state index in [1.54, 1.807) is 18.2 Å². The molecule has 0 unspecified atom stereocenters. The summed E-state index contributed by atoms with van der Waals surface area (Å²) in [6, 6.07) is 9.21. The summed E-state index contributed by atoms with van der Waals surface area (Å²) in [7, 11) is 1.41. The highest BCUT2D eigenvalue weighted by Crippen LogP contribution is 2.22. The van der Waals surface area contributed by atoms with Crippen LogP contribution in [0.4, 0.5) is 14.5 Å². The average Bonchev–Trinajstić information content (AvgIpc) is 2.40. The highest BCUT2D eigenvalue weighted by atomic mass is 79.9. The zero-order valence-corrected chi connectivity index (χ0v) is 11.8. The molecule has 2 aromatic rings. The van der Waals surface area contributed by atoms with E-state index >= 15 is 0 Å². The molecule has 19 heavy (non-hydrogen) atoms. The molecule has 0 amide bonds. The predicted octanol–water partition coefficient (Wildman–Crippen LogP) is 4.35. The first-order chi connectivity index (χ1) is 9.10. The molecule has 2 rings (SSSR count). The Morgan fingerprint density at radius 1 is 1.11 bits per heavy atom. The second-order valence-electron chi connectivity index (χ2n) is 3.94. The lowest BCUT2D eigenvalue weighted by molar-refractivity contribution is 0.386. The van der Waals surface area contributed by atoms with Crippen molar-refractivity contribution in [1.82, 2.24) is 0 Å². The van der Waals surface area contributed by atoms with Crippen LogP contribution in [0.5, 0.6) is 5.75 Å². The summed E-state index contributed by atoms with van der Waals surface area (Å²) in [6.45, 7) is 0.275. The van der Waals surface area contributed by atoms with Crippen molar-refractivity contribution < 1.29 is 13.5 Å². The zero-order valence-electron chi connectivity index (χ0n) is 10.2. The maximum absolute atomic E-state index is 13.5.